The van der Waals surface area contributed by atoms with Crippen molar-refractivity contribution in [1.82, 2.24) is 19.8 Å². The number of Topliss-reactive ketones (excluding diaryl/α,β-unsaturated/α-hetero) is 1. The van der Waals surface area contributed by atoms with Gasteiger partial charge < -0.3 is 24.1 Å². The van der Waals surface area contributed by atoms with Crippen LogP contribution in [0, 0.1) is 6.92 Å². The van der Waals surface area contributed by atoms with E-state index in [1.807, 2.05) is 45.0 Å². The fourth-order valence-corrected chi connectivity index (χ4v) is 4.55. The number of carboxylic acid groups (broad SMARTS) is 1. The third-order valence-electron chi connectivity index (χ3n) is 7.08. The fourth-order valence-electron chi connectivity index (χ4n) is 4.55. The van der Waals surface area contributed by atoms with Gasteiger partial charge in [-0.15, -0.1) is 0 Å². The molecule has 11 heteroatoms. The van der Waals surface area contributed by atoms with Crippen molar-refractivity contribution in [2.24, 2.45) is 0 Å². The number of ketones is 1. The zero-order chi connectivity index (χ0) is 30.3. The highest BCUT2D eigenvalue weighted by Gasteiger charge is 2.15. The highest BCUT2D eigenvalue weighted by atomic mass is 16.5. The SMILES string of the molecule is CC(=O)C(C)c1cccc(CN2CCOCCOCCN(Cc3cc(C)cc(C(=O)O)n3)CCOCC(C)OCC2)n1. The topological polar surface area (TPSA) is 124 Å². The number of ether oxygens (including phenoxy) is 4. The van der Waals surface area contributed by atoms with E-state index in [2.05, 4.69) is 14.8 Å². The molecule has 1 aliphatic heterocycles. The molecule has 0 bridgehead atoms. The summed E-state index contributed by atoms with van der Waals surface area (Å²) in [7, 11) is 0. The first kappa shape index (κ1) is 33.7. The van der Waals surface area contributed by atoms with Crippen LogP contribution in [-0.2, 0) is 36.8 Å². The van der Waals surface area contributed by atoms with Crippen LogP contribution in [0.1, 0.15) is 59.8 Å². The number of hydrogen-bond acceptors (Lipinski definition) is 10. The van der Waals surface area contributed by atoms with Crippen molar-refractivity contribution in [3.63, 3.8) is 0 Å². The average Bonchev–Trinajstić information content (AvgIpc) is 2.95. The van der Waals surface area contributed by atoms with E-state index in [0.717, 1.165) is 17.0 Å². The molecule has 2 unspecified atom stereocenters. The standard InChI is InChI=1S/C31H46N4O7/c1-23-18-28(33-30(19-23)31(37)38)21-34-8-12-39-16-17-40-13-9-35(11-15-42-24(2)22-41-14-10-34)20-27-6-5-7-29(32-27)25(3)26(4)36/h5-7,18-19,24-25H,8-17,20-22H2,1-4H3,(H,37,38). The highest BCUT2D eigenvalue weighted by Crippen LogP contribution is 2.15. The Morgan fingerprint density at radius 3 is 2.17 bits per heavy atom. The predicted octanol–water partition coefficient (Wildman–Crippen LogP) is 2.95. The number of nitrogens with zero attached hydrogens (tertiary/aromatic N) is 4. The van der Waals surface area contributed by atoms with Gasteiger partial charge in [-0.3, -0.25) is 19.6 Å². The molecule has 0 amide bonds. The number of hydrogen-bond donors (Lipinski definition) is 1. The van der Waals surface area contributed by atoms with Crippen LogP contribution in [0.2, 0.25) is 0 Å². The second-order valence-electron chi connectivity index (χ2n) is 10.7. The summed E-state index contributed by atoms with van der Waals surface area (Å²) >= 11 is 0. The van der Waals surface area contributed by atoms with E-state index < -0.39 is 5.97 Å². The summed E-state index contributed by atoms with van der Waals surface area (Å²) in [6.07, 6.45) is -0.0757. The van der Waals surface area contributed by atoms with E-state index in [1.165, 1.54) is 0 Å². The average molecular weight is 587 g/mol. The van der Waals surface area contributed by atoms with E-state index in [9.17, 15) is 14.7 Å². The largest absolute Gasteiger partial charge is 0.477 e. The zero-order valence-electron chi connectivity index (χ0n) is 25.4. The quantitative estimate of drug-likeness (QED) is 0.515. The minimum atomic E-state index is -1.03. The number of rotatable bonds is 7. The molecular formula is C31H46N4O7. The second-order valence-corrected chi connectivity index (χ2v) is 10.7. The Morgan fingerprint density at radius 1 is 0.905 bits per heavy atom. The molecule has 42 heavy (non-hydrogen) atoms. The monoisotopic (exact) mass is 586 g/mol. The summed E-state index contributed by atoms with van der Waals surface area (Å²) in [4.78, 5) is 36.7. The van der Waals surface area contributed by atoms with Crippen molar-refractivity contribution in [1.29, 1.82) is 0 Å². The smallest absolute Gasteiger partial charge is 0.354 e. The molecule has 1 aliphatic rings. The molecule has 2 atom stereocenters. The fraction of sp³-hybridized carbons (Fsp3) is 0.613. The summed E-state index contributed by atoms with van der Waals surface area (Å²) in [5, 5.41) is 9.37. The lowest BCUT2D eigenvalue weighted by atomic mass is 10.0. The molecule has 0 radical (unpaired) electrons. The maximum atomic E-state index is 11.8. The molecule has 11 nitrogen and oxygen atoms in total. The van der Waals surface area contributed by atoms with Crippen LogP contribution in [0.15, 0.2) is 30.3 Å². The van der Waals surface area contributed by atoms with Gasteiger partial charge in [-0.2, -0.15) is 0 Å². The summed E-state index contributed by atoms with van der Waals surface area (Å²) < 4.78 is 23.7. The van der Waals surface area contributed by atoms with Crippen LogP contribution < -0.4 is 0 Å². The van der Waals surface area contributed by atoms with Crippen molar-refractivity contribution in [3.8, 4) is 0 Å². The van der Waals surface area contributed by atoms with Gasteiger partial charge in [0.05, 0.1) is 75.4 Å². The first-order valence-electron chi connectivity index (χ1n) is 14.7. The van der Waals surface area contributed by atoms with Gasteiger partial charge in [0, 0.05) is 39.3 Å². The molecule has 1 fully saturated rings. The van der Waals surface area contributed by atoms with Crippen LogP contribution in [0.3, 0.4) is 0 Å². The Morgan fingerprint density at radius 2 is 1.52 bits per heavy atom. The molecule has 0 saturated carbocycles. The summed E-state index contributed by atoms with van der Waals surface area (Å²) in [6, 6.07) is 9.32. The van der Waals surface area contributed by atoms with Gasteiger partial charge in [0.25, 0.3) is 0 Å². The Bertz CT molecular complexity index is 1130. The van der Waals surface area contributed by atoms with E-state index in [-0.39, 0.29) is 23.5 Å². The Labute approximate surface area is 249 Å². The molecule has 3 heterocycles. The van der Waals surface area contributed by atoms with Gasteiger partial charge in [-0.1, -0.05) is 6.07 Å². The maximum Gasteiger partial charge on any atom is 0.354 e. The lowest BCUT2D eigenvalue weighted by molar-refractivity contribution is -0.118. The zero-order valence-corrected chi connectivity index (χ0v) is 25.4. The highest BCUT2D eigenvalue weighted by molar-refractivity contribution is 5.85. The van der Waals surface area contributed by atoms with Gasteiger partial charge in [-0.25, -0.2) is 9.78 Å². The molecule has 2 aromatic heterocycles. The number of carbonyl (C=O) groups excluding carboxylic acids is 1. The van der Waals surface area contributed by atoms with Crippen LogP contribution in [0.4, 0.5) is 0 Å². The maximum absolute atomic E-state index is 11.8. The first-order valence-corrected chi connectivity index (χ1v) is 14.7. The van der Waals surface area contributed by atoms with Crippen LogP contribution in [0.5, 0.6) is 0 Å². The normalized spacial score (nSPS) is 20.3. The van der Waals surface area contributed by atoms with Crippen molar-refractivity contribution in [3.05, 3.63) is 58.7 Å². The van der Waals surface area contributed by atoms with Gasteiger partial charge in [0.2, 0.25) is 0 Å². The van der Waals surface area contributed by atoms with Crippen molar-refractivity contribution in [2.45, 2.75) is 52.8 Å². The van der Waals surface area contributed by atoms with Gasteiger partial charge in [0.1, 0.15) is 11.5 Å². The number of aryl methyl sites for hydroxylation is 1. The summed E-state index contributed by atoms with van der Waals surface area (Å²) in [5.41, 5.74) is 3.31. The molecule has 0 spiro atoms. The van der Waals surface area contributed by atoms with Gasteiger partial charge in [-0.05, 0) is 57.5 Å². The lowest BCUT2D eigenvalue weighted by Crippen LogP contribution is -2.34. The number of carbonyl (C=O) groups is 2. The Kier molecular flexibility index (Phi) is 14.4. The first-order chi connectivity index (χ1) is 20.2. The molecule has 0 aromatic carbocycles. The van der Waals surface area contributed by atoms with E-state index in [0.29, 0.717) is 91.2 Å². The summed E-state index contributed by atoms with van der Waals surface area (Å²) in [6.45, 7) is 14.7. The predicted molar refractivity (Wildman–Crippen MR) is 158 cm³/mol. The Balaban J connectivity index is 1.55. The van der Waals surface area contributed by atoms with Crippen LogP contribution in [-0.4, -0.2) is 115 Å². The molecule has 232 valence electrons. The molecule has 0 aliphatic carbocycles. The molecule has 1 saturated heterocycles. The van der Waals surface area contributed by atoms with Crippen molar-refractivity contribution >= 4 is 11.8 Å². The van der Waals surface area contributed by atoms with E-state index >= 15 is 0 Å². The van der Waals surface area contributed by atoms with Crippen LogP contribution in [0.25, 0.3) is 0 Å². The molecule has 2 aromatic rings. The number of pyridine rings is 2. The molecule has 1 N–H and O–H groups in total. The Hall–Kier alpha value is -2.80. The van der Waals surface area contributed by atoms with Gasteiger partial charge in [0.15, 0.2) is 0 Å². The van der Waals surface area contributed by atoms with Crippen molar-refractivity contribution < 1.29 is 33.6 Å². The molecule has 3 rings (SSSR count). The molecular weight excluding hydrogens is 540 g/mol. The number of carboxylic acids is 1. The van der Waals surface area contributed by atoms with Gasteiger partial charge >= 0.3 is 5.97 Å². The third-order valence-corrected chi connectivity index (χ3v) is 7.08. The summed E-state index contributed by atoms with van der Waals surface area (Å²) in [5.74, 6) is -1.16. The minimum Gasteiger partial charge on any atom is -0.477 e. The number of aromatic nitrogens is 2. The van der Waals surface area contributed by atoms with E-state index in [4.69, 9.17) is 23.9 Å². The second kappa shape index (κ2) is 18.0. The third kappa shape index (κ3) is 12.2. The lowest BCUT2D eigenvalue weighted by Gasteiger charge is -2.25. The van der Waals surface area contributed by atoms with Crippen LogP contribution >= 0.6 is 0 Å². The van der Waals surface area contributed by atoms with Crippen molar-refractivity contribution in [2.75, 3.05) is 72.4 Å². The minimum absolute atomic E-state index is 0.0490. The van der Waals surface area contributed by atoms with E-state index in [1.54, 1.807) is 13.0 Å². The number of aromatic carboxylic acids is 1.